The van der Waals surface area contributed by atoms with Gasteiger partial charge in [0.2, 0.25) is 5.95 Å². The number of anilines is 2. The molecule has 3 rings (SSSR count). The standard InChI is InChI=1S/C15H21N5OS/c1-11-10-17-15(22-11)19-14-16-6-5-12(18-14)13-4-2-3-7-20(13)8-9-21/h5-6,10,13,21H,2-4,7-9H2,1H3,(H,16,17,18,19)/t13-/m0/s1. The molecule has 0 amide bonds. The molecule has 1 aliphatic heterocycles. The van der Waals surface area contributed by atoms with Crippen LogP contribution in [0.4, 0.5) is 11.1 Å². The van der Waals surface area contributed by atoms with E-state index in [0.29, 0.717) is 12.5 Å². The zero-order valence-electron chi connectivity index (χ0n) is 12.7. The van der Waals surface area contributed by atoms with Crippen molar-refractivity contribution in [3.8, 4) is 0 Å². The molecular formula is C15H21N5OS. The molecule has 0 aromatic carbocycles. The maximum absolute atomic E-state index is 9.24. The van der Waals surface area contributed by atoms with Crippen LogP contribution in [0.5, 0.6) is 0 Å². The van der Waals surface area contributed by atoms with Gasteiger partial charge in [-0.15, -0.1) is 11.3 Å². The minimum absolute atomic E-state index is 0.186. The third kappa shape index (κ3) is 3.60. The van der Waals surface area contributed by atoms with Crippen LogP contribution in [0.3, 0.4) is 0 Å². The van der Waals surface area contributed by atoms with Crippen molar-refractivity contribution in [2.24, 2.45) is 0 Å². The third-order valence-electron chi connectivity index (χ3n) is 3.86. The van der Waals surface area contributed by atoms with Gasteiger partial charge in [-0.3, -0.25) is 4.90 Å². The van der Waals surface area contributed by atoms with Gasteiger partial charge in [-0.2, -0.15) is 0 Å². The van der Waals surface area contributed by atoms with Crippen LogP contribution in [-0.4, -0.2) is 44.7 Å². The summed E-state index contributed by atoms with van der Waals surface area (Å²) in [7, 11) is 0. The van der Waals surface area contributed by atoms with E-state index in [-0.39, 0.29) is 12.6 Å². The number of aryl methyl sites for hydroxylation is 1. The first kappa shape index (κ1) is 15.3. The Morgan fingerprint density at radius 3 is 3.09 bits per heavy atom. The molecule has 1 saturated heterocycles. The predicted molar refractivity (Wildman–Crippen MR) is 87.4 cm³/mol. The number of thiazole rings is 1. The van der Waals surface area contributed by atoms with Gasteiger partial charge in [0.1, 0.15) is 0 Å². The summed E-state index contributed by atoms with van der Waals surface area (Å²) in [5, 5.41) is 13.2. The fraction of sp³-hybridized carbons (Fsp3) is 0.533. The van der Waals surface area contributed by atoms with Crippen LogP contribution >= 0.6 is 11.3 Å². The van der Waals surface area contributed by atoms with Gasteiger partial charge in [0, 0.05) is 23.8 Å². The van der Waals surface area contributed by atoms with Crippen molar-refractivity contribution in [3.05, 3.63) is 29.0 Å². The Hall–Kier alpha value is -1.57. The van der Waals surface area contributed by atoms with E-state index >= 15 is 0 Å². The third-order valence-corrected chi connectivity index (χ3v) is 4.69. The lowest BCUT2D eigenvalue weighted by atomic mass is 9.99. The van der Waals surface area contributed by atoms with Crippen molar-refractivity contribution in [3.63, 3.8) is 0 Å². The Balaban J connectivity index is 1.77. The molecular weight excluding hydrogens is 298 g/mol. The molecule has 6 nitrogen and oxygen atoms in total. The molecule has 22 heavy (non-hydrogen) atoms. The van der Waals surface area contributed by atoms with Crippen LogP contribution in [0.2, 0.25) is 0 Å². The predicted octanol–water partition coefficient (Wildman–Crippen LogP) is 2.50. The average molecular weight is 319 g/mol. The van der Waals surface area contributed by atoms with Gasteiger partial charge >= 0.3 is 0 Å². The molecule has 2 aromatic rings. The van der Waals surface area contributed by atoms with Crippen molar-refractivity contribution < 1.29 is 5.11 Å². The number of nitrogens with one attached hydrogen (secondary N) is 1. The molecule has 118 valence electrons. The van der Waals surface area contributed by atoms with Gasteiger partial charge in [0.25, 0.3) is 0 Å². The van der Waals surface area contributed by atoms with E-state index in [0.717, 1.165) is 28.7 Å². The van der Waals surface area contributed by atoms with E-state index in [4.69, 9.17) is 0 Å². The highest BCUT2D eigenvalue weighted by Gasteiger charge is 2.24. The van der Waals surface area contributed by atoms with E-state index in [1.54, 1.807) is 17.5 Å². The normalized spacial score (nSPS) is 19.3. The van der Waals surface area contributed by atoms with E-state index in [1.807, 2.05) is 19.2 Å². The van der Waals surface area contributed by atoms with Crippen molar-refractivity contribution in [2.45, 2.75) is 32.2 Å². The van der Waals surface area contributed by atoms with Crippen LogP contribution in [0.15, 0.2) is 18.5 Å². The number of hydrogen-bond donors (Lipinski definition) is 2. The van der Waals surface area contributed by atoms with Gasteiger partial charge in [-0.25, -0.2) is 15.0 Å². The molecule has 0 saturated carbocycles. The molecule has 2 N–H and O–H groups in total. The lowest BCUT2D eigenvalue weighted by molar-refractivity contribution is 0.114. The topological polar surface area (TPSA) is 74.2 Å². The first-order chi connectivity index (χ1) is 10.8. The Bertz CT molecular complexity index is 615. The summed E-state index contributed by atoms with van der Waals surface area (Å²) < 4.78 is 0. The molecule has 0 unspecified atom stereocenters. The quantitative estimate of drug-likeness (QED) is 0.882. The molecule has 7 heteroatoms. The summed E-state index contributed by atoms with van der Waals surface area (Å²) in [5.74, 6) is 0.585. The summed E-state index contributed by atoms with van der Waals surface area (Å²) in [6, 6.07) is 2.24. The zero-order chi connectivity index (χ0) is 15.4. The number of hydrogen-bond acceptors (Lipinski definition) is 7. The van der Waals surface area contributed by atoms with Crippen molar-refractivity contribution in [1.82, 2.24) is 19.9 Å². The molecule has 2 aromatic heterocycles. The number of β-amino-alcohol motifs (C(OH)–C–C–N with tert-alkyl or cyclic N) is 1. The highest BCUT2D eigenvalue weighted by molar-refractivity contribution is 7.15. The van der Waals surface area contributed by atoms with Crippen LogP contribution in [-0.2, 0) is 0 Å². The number of likely N-dealkylation sites (tertiary alicyclic amines) is 1. The Morgan fingerprint density at radius 1 is 1.41 bits per heavy atom. The number of aromatic nitrogens is 3. The van der Waals surface area contributed by atoms with Crippen LogP contribution < -0.4 is 5.32 Å². The van der Waals surface area contributed by atoms with Crippen molar-refractivity contribution >= 4 is 22.4 Å². The number of aliphatic hydroxyl groups excluding tert-OH is 1. The van der Waals surface area contributed by atoms with Gasteiger partial charge in [-0.1, -0.05) is 6.42 Å². The van der Waals surface area contributed by atoms with E-state index < -0.39 is 0 Å². The number of nitrogens with zero attached hydrogens (tertiary/aromatic N) is 4. The van der Waals surface area contributed by atoms with Crippen molar-refractivity contribution in [1.29, 1.82) is 0 Å². The highest BCUT2D eigenvalue weighted by atomic mass is 32.1. The minimum Gasteiger partial charge on any atom is -0.395 e. The lowest BCUT2D eigenvalue weighted by Gasteiger charge is -2.34. The van der Waals surface area contributed by atoms with Gasteiger partial charge < -0.3 is 10.4 Å². The summed E-state index contributed by atoms with van der Waals surface area (Å²) >= 11 is 1.59. The van der Waals surface area contributed by atoms with Gasteiger partial charge in [0.15, 0.2) is 5.13 Å². The van der Waals surface area contributed by atoms with Crippen LogP contribution in [0, 0.1) is 6.92 Å². The second kappa shape index (κ2) is 7.13. The largest absolute Gasteiger partial charge is 0.395 e. The average Bonchev–Trinajstić information content (AvgIpc) is 2.93. The minimum atomic E-state index is 0.186. The van der Waals surface area contributed by atoms with Crippen LogP contribution in [0.25, 0.3) is 0 Å². The number of aliphatic hydroxyl groups is 1. The molecule has 1 atom stereocenters. The van der Waals surface area contributed by atoms with E-state index in [1.165, 1.54) is 12.8 Å². The Morgan fingerprint density at radius 2 is 2.32 bits per heavy atom. The second-order valence-electron chi connectivity index (χ2n) is 5.48. The van der Waals surface area contributed by atoms with Crippen molar-refractivity contribution in [2.75, 3.05) is 25.0 Å². The summed E-state index contributed by atoms with van der Waals surface area (Å²) in [4.78, 5) is 16.7. The maximum atomic E-state index is 9.24. The zero-order valence-corrected chi connectivity index (χ0v) is 13.5. The molecule has 3 heterocycles. The SMILES string of the molecule is Cc1cnc(Nc2nccc([C@@H]3CCCCN3CCO)n2)s1. The summed E-state index contributed by atoms with van der Waals surface area (Å²) in [5.41, 5.74) is 1.01. The summed E-state index contributed by atoms with van der Waals surface area (Å²) in [6.45, 7) is 3.92. The maximum Gasteiger partial charge on any atom is 0.229 e. The van der Waals surface area contributed by atoms with Crippen LogP contribution in [0.1, 0.15) is 35.9 Å². The fourth-order valence-electron chi connectivity index (χ4n) is 2.85. The number of rotatable bonds is 5. The molecule has 0 aliphatic carbocycles. The Labute approximate surface area is 134 Å². The molecule has 1 aliphatic rings. The first-order valence-electron chi connectivity index (χ1n) is 7.63. The van der Waals surface area contributed by atoms with Gasteiger partial charge in [-0.05, 0) is 32.4 Å². The Kier molecular flexibility index (Phi) is 4.97. The molecule has 0 bridgehead atoms. The molecule has 1 fully saturated rings. The van der Waals surface area contributed by atoms with E-state index in [2.05, 4.69) is 25.2 Å². The molecule has 0 spiro atoms. The smallest absolute Gasteiger partial charge is 0.229 e. The monoisotopic (exact) mass is 319 g/mol. The van der Waals surface area contributed by atoms with Gasteiger partial charge in [0.05, 0.1) is 18.3 Å². The first-order valence-corrected chi connectivity index (χ1v) is 8.45. The number of piperidine rings is 1. The summed E-state index contributed by atoms with van der Waals surface area (Å²) in [6.07, 6.45) is 7.08. The lowest BCUT2D eigenvalue weighted by Crippen LogP contribution is -2.36. The second-order valence-corrected chi connectivity index (χ2v) is 6.71. The van der Waals surface area contributed by atoms with E-state index in [9.17, 15) is 5.11 Å². The molecule has 0 radical (unpaired) electrons. The fourth-order valence-corrected chi connectivity index (χ4v) is 3.51. The highest BCUT2D eigenvalue weighted by Crippen LogP contribution is 2.30.